The van der Waals surface area contributed by atoms with E-state index in [1.807, 2.05) is 6.07 Å². The van der Waals surface area contributed by atoms with Gasteiger partial charge in [-0.05, 0) is 54.7 Å². The second-order valence-corrected chi connectivity index (χ2v) is 7.50. The summed E-state index contributed by atoms with van der Waals surface area (Å²) in [5, 5.41) is 9.86. The van der Waals surface area contributed by atoms with Gasteiger partial charge in [0.25, 0.3) is 5.91 Å². The molecule has 0 spiro atoms. The van der Waals surface area contributed by atoms with Crippen LogP contribution in [0, 0.1) is 11.6 Å². The molecule has 162 valence electrons. The van der Waals surface area contributed by atoms with Crippen LogP contribution in [0.1, 0.15) is 36.3 Å². The maximum atomic E-state index is 13.9. The third-order valence-electron chi connectivity index (χ3n) is 5.45. The molecule has 0 bridgehead atoms. The molecule has 0 radical (unpaired) electrons. The molecule has 0 aromatic heterocycles. The standard InChI is InChI=1S/C24H24F2N2O3/c1-27-15-23(30)22(29)14-24(31)28-11-3-6-20(28)13-21(16-7-9-18(25)10-8-16)17-4-2-5-19(26)12-17/h2,4-5,7-10,12,14-15,20-21,29H,3,6,11,13H2,1H3/b22-14-,27-15?/t20-,21+/m1/s1. The quantitative estimate of drug-likeness (QED) is 0.410. The zero-order valence-electron chi connectivity index (χ0n) is 17.2. The van der Waals surface area contributed by atoms with Gasteiger partial charge in [0.15, 0.2) is 5.76 Å². The maximum Gasteiger partial charge on any atom is 0.250 e. The van der Waals surface area contributed by atoms with Crippen LogP contribution < -0.4 is 0 Å². The fourth-order valence-electron chi connectivity index (χ4n) is 3.98. The molecule has 0 saturated carbocycles. The molecular formula is C24H24F2N2O3. The second kappa shape index (κ2) is 10.1. The highest BCUT2D eigenvalue weighted by atomic mass is 19.1. The lowest BCUT2D eigenvalue weighted by atomic mass is 9.85. The molecule has 2 aromatic carbocycles. The second-order valence-electron chi connectivity index (χ2n) is 7.50. The summed E-state index contributed by atoms with van der Waals surface area (Å²) in [5.41, 5.74) is 1.55. The van der Waals surface area contributed by atoms with Crippen molar-refractivity contribution in [3.8, 4) is 0 Å². The van der Waals surface area contributed by atoms with Crippen molar-refractivity contribution in [1.82, 2.24) is 4.90 Å². The Labute approximate surface area is 179 Å². The average molecular weight is 426 g/mol. The van der Waals surface area contributed by atoms with Gasteiger partial charge in [-0.2, -0.15) is 0 Å². The number of benzene rings is 2. The number of halogens is 2. The van der Waals surface area contributed by atoms with Crippen LogP contribution in [0.25, 0.3) is 0 Å². The summed E-state index contributed by atoms with van der Waals surface area (Å²) in [7, 11) is 1.39. The number of nitrogens with zero attached hydrogens (tertiary/aromatic N) is 2. The van der Waals surface area contributed by atoms with Gasteiger partial charge >= 0.3 is 0 Å². The van der Waals surface area contributed by atoms with Gasteiger partial charge in [0.05, 0.1) is 6.21 Å². The summed E-state index contributed by atoms with van der Waals surface area (Å²) in [6.07, 6.45) is 3.86. The van der Waals surface area contributed by atoms with E-state index in [4.69, 9.17) is 0 Å². The minimum absolute atomic E-state index is 0.176. The molecule has 1 aliphatic heterocycles. The third-order valence-corrected chi connectivity index (χ3v) is 5.45. The zero-order chi connectivity index (χ0) is 22.4. The summed E-state index contributed by atoms with van der Waals surface area (Å²) in [4.78, 5) is 29.5. The minimum atomic E-state index is -0.740. The number of hydrogen-bond acceptors (Lipinski definition) is 4. The van der Waals surface area contributed by atoms with Crippen molar-refractivity contribution in [2.45, 2.75) is 31.2 Å². The van der Waals surface area contributed by atoms with Crippen molar-refractivity contribution in [3.63, 3.8) is 0 Å². The summed E-state index contributed by atoms with van der Waals surface area (Å²) in [6, 6.07) is 12.1. The Morgan fingerprint density at radius 1 is 1.16 bits per heavy atom. The van der Waals surface area contributed by atoms with Crippen LogP contribution in [-0.4, -0.2) is 47.5 Å². The minimum Gasteiger partial charge on any atom is -0.504 e. The summed E-state index contributed by atoms with van der Waals surface area (Å²) < 4.78 is 27.4. The number of carbonyl (C=O) groups excluding carboxylic acids is 2. The Hall–Kier alpha value is -3.35. The Morgan fingerprint density at radius 3 is 2.58 bits per heavy atom. The molecule has 0 unspecified atom stereocenters. The molecule has 1 saturated heterocycles. The normalized spacial score (nSPS) is 17.8. The molecule has 1 fully saturated rings. The highest BCUT2D eigenvalue weighted by Crippen LogP contribution is 2.34. The van der Waals surface area contributed by atoms with Gasteiger partial charge in [0, 0.05) is 31.6 Å². The first-order valence-corrected chi connectivity index (χ1v) is 10.1. The van der Waals surface area contributed by atoms with Crippen LogP contribution in [0.5, 0.6) is 0 Å². The predicted molar refractivity (Wildman–Crippen MR) is 114 cm³/mol. The van der Waals surface area contributed by atoms with E-state index in [0.717, 1.165) is 36.3 Å². The number of aliphatic hydroxyl groups is 1. The molecule has 1 heterocycles. The van der Waals surface area contributed by atoms with Crippen LogP contribution in [0.2, 0.25) is 0 Å². The Morgan fingerprint density at radius 2 is 1.90 bits per heavy atom. The van der Waals surface area contributed by atoms with E-state index in [2.05, 4.69) is 4.99 Å². The van der Waals surface area contributed by atoms with Gasteiger partial charge in [-0.25, -0.2) is 8.78 Å². The number of hydrogen-bond donors (Lipinski definition) is 1. The highest BCUT2D eigenvalue weighted by molar-refractivity contribution is 6.34. The molecule has 7 heteroatoms. The summed E-state index contributed by atoms with van der Waals surface area (Å²) in [5.74, 6) is -2.85. The third kappa shape index (κ3) is 5.63. The topological polar surface area (TPSA) is 70.0 Å². The van der Waals surface area contributed by atoms with Crippen molar-refractivity contribution in [3.05, 3.63) is 83.1 Å². The Balaban J connectivity index is 1.86. The number of ketones is 1. The Kier molecular flexibility index (Phi) is 7.28. The molecule has 2 aromatic rings. The fourth-order valence-corrected chi connectivity index (χ4v) is 3.98. The van der Waals surface area contributed by atoms with Crippen LogP contribution in [0.4, 0.5) is 8.78 Å². The first-order valence-electron chi connectivity index (χ1n) is 10.1. The number of aliphatic hydroxyl groups excluding tert-OH is 1. The van der Waals surface area contributed by atoms with Crippen molar-refractivity contribution < 1.29 is 23.5 Å². The molecule has 2 atom stereocenters. The lowest BCUT2D eigenvalue weighted by Gasteiger charge is -2.28. The summed E-state index contributed by atoms with van der Waals surface area (Å²) in [6.45, 7) is 0.489. The van der Waals surface area contributed by atoms with E-state index >= 15 is 0 Å². The number of allylic oxidation sites excluding steroid dienone is 1. The number of Topliss-reactive ketones (excluding diaryl/α,β-unsaturated/α-hetero) is 1. The SMILES string of the molecule is CN=CC(=O)/C(O)=C/C(=O)N1CCC[C@@H]1C[C@@H](c1ccc(F)cc1)c1cccc(F)c1. The fraction of sp³-hybridized carbons (Fsp3) is 0.292. The van der Waals surface area contributed by atoms with Gasteiger partial charge in [0.1, 0.15) is 11.6 Å². The summed E-state index contributed by atoms with van der Waals surface area (Å²) >= 11 is 0. The van der Waals surface area contributed by atoms with Crippen LogP contribution in [0.3, 0.4) is 0 Å². The monoisotopic (exact) mass is 426 g/mol. The number of carbonyl (C=O) groups is 2. The van der Waals surface area contributed by atoms with Gasteiger partial charge in [-0.3, -0.25) is 14.6 Å². The van der Waals surface area contributed by atoms with Gasteiger partial charge in [0.2, 0.25) is 5.78 Å². The number of aliphatic imine (C=N–C) groups is 1. The smallest absolute Gasteiger partial charge is 0.250 e. The molecule has 3 rings (SSSR count). The predicted octanol–water partition coefficient (Wildman–Crippen LogP) is 4.19. The van der Waals surface area contributed by atoms with Crippen LogP contribution in [0.15, 0.2) is 65.4 Å². The van der Waals surface area contributed by atoms with Crippen LogP contribution >= 0.6 is 0 Å². The van der Waals surface area contributed by atoms with Crippen molar-refractivity contribution >= 4 is 17.9 Å². The Bertz CT molecular complexity index is 1000. The van der Waals surface area contributed by atoms with Gasteiger partial charge in [-0.1, -0.05) is 24.3 Å². The lowest BCUT2D eigenvalue weighted by molar-refractivity contribution is -0.127. The average Bonchev–Trinajstić information content (AvgIpc) is 3.21. The molecular weight excluding hydrogens is 402 g/mol. The highest BCUT2D eigenvalue weighted by Gasteiger charge is 2.31. The van der Waals surface area contributed by atoms with Crippen LogP contribution in [-0.2, 0) is 9.59 Å². The first kappa shape index (κ1) is 22.3. The van der Waals surface area contributed by atoms with Gasteiger partial charge < -0.3 is 10.0 Å². The molecule has 1 amide bonds. The lowest BCUT2D eigenvalue weighted by Crippen LogP contribution is -2.36. The van der Waals surface area contributed by atoms with Crippen molar-refractivity contribution in [1.29, 1.82) is 0 Å². The molecule has 1 N–H and O–H groups in total. The molecule has 0 aliphatic carbocycles. The zero-order valence-corrected chi connectivity index (χ0v) is 17.2. The molecule has 1 aliphatic rings. The van der Waals surface area contributed by atoms with E-state index in [1.165, 1.54) is 31.3 Å². The van der Waals surface area contributed by atoms with Crippen molar-refractivity contribution in [2.75, 3.05) is 13.6 Å². The molecule has 31 heavy (non-hydrogen) atoms. The maximum absolute atomic E-state index is 13.9. The number of amides is 1. The number of rotatable bonds is 7. The largest absolute Gasteiger partial charge is 0.504 e. The first-order chi connectivity index (χ1) is 14.9. The van der Waals surface area contributed by atoms with E-state index in [9.17, 15) is 23.5 Å². The van der Waals surface area contributed by atoms with Crippen molar-refractivity contribution in [2.24, 2.45) is 4.99 Å². The van der Waals surface area contributed by atoms with E-state index in [-0.39, 0.29) is 23.6 Å². The van der Waals surface area contributed by atoms with E-state index < -0.39 is 17.4 Å². The molecule has 5 nitrogen and oxygen atoms in total. The van der Waals surface area contributed by atoms with Gasteiger partial charge in [-0.15, -0.1) is 0 Å². The van der Waals surface area contributed by atoms with E-state index in [1.54, 1.807) is 23.1 Å². The number of likely N-dealkylation sites (tertiary alicyclic amines) is 1. The van der Waals surface area contributed by atoms with E-state index in [0.29, 0.717) is 13.0 Å².